The van der Waals surface area contributed by atoms with E-state index in [4.69, 9.17) is 21.1 Å². The third-order valence-electron chi connectivity index (χ3n) is 5.13. The molecular weight excluding hydrogens is 404 g/mol. The molecule has 0 bridgehead atoms. The number of carbonyl (C=O) groups is 2. The Bertz CT molecular complexity index is 985. The maximum absolute atomic E-state index is 12.9. The number of rotatable bonds is 6. The van der Waals surface area contributed by atoms with E-state index in [2.05, 4.69) is 5.32 Å². The smallest absolute Gasteiger partial charge is 0.338 e. The molecule has 0 aliphatic carbocycles. The minimum Gasteiger partial charge on any atom is -0.487 e. The molecule has 0 fully saturated rings. The number of likely N-dealkylation sites (N-methyl/N-ethyl adjacent to an activating group) is 1. The molecule has 0 aromatic heterocycles. The zero-order chi connectivity index (χ0) is 21.8. The van der Waals surface area contributed by atoms with Crippen LogP contribution in [0.1, 0.15) is 29.7 Å². The highest BCUT2D eigenvalue weighted by atomic mass is 35.5. The quantitative estimate of drug-likeness (QED) is 0.685. The van der Waals surface area contributed by atoms with Gasteiger partial charge < -0.3 is 14.8 Å². The fourth-order valence-corrected chi connectivity index (χ4v) is 3.37. The van der Waals surface area contributed by atoms with Crippen LogP contribution in [0.15, 0.2) is 53.7 Å². The van der Waals surface area contributed by atoms with Gasteiger partial charge in [-0.05, 0) is 61.7 Å². The highest BCUT2D eigenvalue weighted by Crippen LogP contribution is 2.32. The van der Waals surface area contributed by atoms with Crippen molar-refractivity contribution in [2.75, 3.05) is 20.3 Å². The summed E-state index contributed by atoms with van der Waals surface area (Å²) >= 11 is 6.00. The molecule has 0 radical (unpaired) electrons. The van der Waals surface area contributed by atoms with Gasteiger partial charge in [-0.25, -0.2) is 9.59 Å². The second-order valence-electron chi connectivity index (χ2n) is 7.11. The van der Waals surface area contributed by atoms with E-state index >= 15 is 0 Å². The number of nitrogens with zero attached hydrogens (tertiary/aromatic N) is 1. The molecule has 1 N–H and O–H groups in total. The van der Waals surface area contributed by atoms with Crippen LogP contribution in [0.3, 0.4) is 0 Å². The standard InChI is InChI=1S/C23H25ClN2O4/c1-5-29-22(27)20-19(13-30-18-11-6-14(2)15(3)12-18)26(4)23(28)25-21(20)16-7-9-17(24)10-8-16/h6-12,21H,5,13H2,1-4H3,(H,25,28)/t21-/m1/s1. The van der Waals surface area contributed by atoms with Crippen LogP contribution < -0.4 is 10.1 Å². The van der Waals surface area contributed by atoms with E-state index in [-0.39, 0.29) is 19.2 Å². The average Bonchev–Trinajstić information content (AvgIpc) is 2.72. The van der Waals surface area contributed by atoms with E-state index in [1.54, 1.807) is 38.2 Å². The summed E-state index contributed by atoms with van der Waals surface area (Å²) in [7, 11) is 1.60. The Kier molecular flexibility index (Phi) is 6.67. The third kappa shape index (κ3) is 4.60. The predicted octanol–water partition coefficient (Wildman–Crippen LogP) is 4.55. The monoisotopic (exact) mass is 428 g/mol. The van der Waals surface area contributed by atoms with Crippen molar-refractivity contribution in [1.82, 2.24) is 10.2 Å². The van der Waals surface area contributed by atoms with E-state index in [9.17, 15) is 9.59 Å². The first-order valence-electron chi connectivity index (χ1n) is 9.71. The number of benzene rings is 2. The number of aryl methyl sites for hydroxylation is 2. The largest absolute Gasteiger partial charge is 0.487 e. The molecule has 30 heavy (non-hydrogen) atoms. The van der Waals surface area contributed by atoms with Gasteiger partial charge in [0.05, 0.1) is 23.9 Å². The number of ether oxygens (including phenoxy) is 2. The maximum atomic E-state index is 12.9. The number of carbonyl (C=O) groups excluding carboxylic acids is 2. The Morgan fingerprint density at radius 3 is 2.47 bits per heavy atom. The van der Waals surface area contributed by atoms with Crippen molar-refractivity contribution >= 4 is 23.6 Å². The van der Waals surface area contributed by atoms with E-state index in [0.717, 1.165) is 16.7 Å². The van der Waals surface area contributed by atoms with Crippen LogP contribution in [0.25, 0.3) is 0 Å². The molecule has 0 unspecified atom stereocenters. The Morgan fingerprint density at radius 1 is 1.13 bits per heavy atom. The number of amides is 2. The minimum atomic E-state index is -0.664. The number of nitrogens with one attached hydrogen (secondary N) is 1. The van der Waals surface area contributed by atoms with Gasteiger partial charge >= 0.3 is 12.0 Å². The van der Waals surface area contributed by atoms with E-state index < -0.39 is 12.0 Å². The van der Waals surface area contributed by atoms with E-state index in [1.807, 2.05) is 32.0 Å². The molecule has 0 spiro atoms. The highest BCUT2D eigenvalue weighted by molar-refractivity contribution is 6.30. The molecule has 0 saturated carbocycles. The van der Waals surface area contributed by atoms with Gasteiger partial charge in [0.1, 0.15) is 12.4 Å². The Balaban J connectivity index is 2.01. The van der Waals surface area contributed by atoms with Crippen LogP contribution >= 0.6 is 11.6 Å². The van der Waals surface area contributed by atoms with Crippen LogP contribution in [-0.4, -0.2) is 37.2 Å². The first kappa shape index (κ1) is 21.7. The highest BCUT2D eigenvalue weighted by Gasteiger charge is 2.37. The van der Waals surface area contributed by atoms with Gasteiger partial charge in [0.2, 0.25) is 0 Å². The molecule has 1 aliphatic rings. The Hall–Kier alpha value is -2.99. The van der Waals surface area contributed by atoms with E-state index in [0.29, 0.717) is 22.0 Å². The lowest BCUT2D eigenvalue weighted by Crippen LogP contribution is -2.48. The van der Waals surface area contributed by atoms with Crippen LogP contribution in [0.2, 0.25) is 5.02 Å². The van der Waals surface area contributed by atoms with Crippen molar-refractivity contribution in [2.24, 2.45) is 0 Å². The van der Waals surface area contributed by atoms with Crippen molar-refractivity contribution in [1.29, 1.82) is 0 Å². The molecule has 6 nitrogen and oxygen atoms in total. The second kappa shape index (κ2) is 9.22. The first-order chi connectivity index (χ1) is 14.3. The lowest BCUT2D eigenvalue weighted by molar-refractivity contribution is -0.139. The van der Waals surface area contributed by atoms with Crippen molar-refractivity contribution in [3.8, 4) is 5.75 Å². The molecule has 0 saturated heterocycles. The SMILES string of the molecule is CCOC(=O)C1=C(COc2ccc(C)c(C)c2)N(C)C(=O)N[C@@H]1c1ccc(Cl)cc1. The number of esters is 1. The summed E-state index contributed by atoms with van der Waals surface area (Å²) in [6.07, 6.45) is 0. The lowest BCUT2D eigenvalue weighted by Gasteiger charge is -2.34. The molecule has 7 heteroatoms. The molecule has 3 rings (SSSR count). The summed E-state index contributed by atoms with van der Waals surface area (Å²) in [4.78, 5) is 26.9. The van der Waals surface area contributed by atoms with Gasteiger partial charge in [-0.1, -0.05) is 29.8 Å². The summed E-state index contributed by atoms with van der Waals surface area (Å²) in [6, 6.07) is 11.8. The van der Waals surface area contributed by atoms with Crippen LogP contribution in [0, 0.1) is 13.8 Å². The topological polar surface area (TPSA) is 67.9 Å². The lowest BCUT2D eigenvalue weighted by atomic mass is 9.95. The van der Waals surface area contributed by atoms with Crippen molar-refractivity contribution < 1.29 is 19.1 Å². The summed E-state index contributed by atoms with van der Waals surface area (Å²) in [5, 5.41) is 3.43. The van der Waals surface area contributed by atoms with Gasteiger partial charge in [-0.2, -0.15) is 0 Å². The molecule has 1 heterocycles. The van der Waals surface area contributed by atoms with Crippen LogP contribution in [0.4, 0.5) is 4.79 Å². The summed E-state index contributed by atoms with van der Waals surface area (Å²) in [6.45, 7) is 6.04. The van der Waals surface area contributed by atoms with Crippen molar-refractivity contribution in [2.45, 2.75) is 26.8 Å². The normalized spacial score (nSPS) is 16.4. The number of hydrogen-bond acceptors (Lipinski definition) is 4. The van der Waals surface area contributed by atoms with Gasteiger partial charge in [0.25, 0.3) is 0 Å². The number of urea groups is 1. The molecule has 2 aromatic carbocycles. The molecule has 158 valence electrons. The van der Waals surface area contributed by atoms with Gasteiger partial charge in [0, 0.05) is 12.1 Å². The van der Waals surface area contributed by atoms with E-state index in [1.165, 1.54) is 4.90 Å². The average molecular weight is 429 g/mol. The fourth-order valence-electron chi connectivity index (χ4n) is 3.24. The minimum absolute atomic E-state index is 0.0463. The van der Waals surface area contributed by atoms with Gasteiger partial charge in [-0.15, -0.1) is 0 Å². The third-order valence-corrected chi connectivity index (χ3v) is 5.38. The first-order valence-corrected chi connectivity index (χ1v) is 10.1. The van der Waals surface area contributed by atoms with Crippen molar-refractivity contribution in [3.63, 3.8) is 0 Å². The summed E-state index contributed by atoms with van der Waals surface area (Å²) in [5.41, 5.74) is 3.78. The second-order valence-corrected chi connectivity index (χ2v) is 7.55. The van der Waals surface area contributed by atoms with Gasteiger partial charge in [0.15, 0.2) is 0 Å². The predicted molar refractivity (Wildman–Crippen MR) is 116 cm³/mol. The van der Waals surface area contributed by atoms with Crippen molar-refractivity contribution in [3.05, 3.63) is 75.4 Å². The zero-order valence-corrected chi connectivity index (χ0v) is 18.2. The Morgan fingerprint density at radius 2 is 1.83 bits per heavy atom. The van der Waals surface area contributed by atoms with Gasteiger partial charge in [-0.3, -0.25) is 4.90 Å². The summed E-state index contributed by atoms with van der Waals surface area (Å²) < 4.78 is 11.3. The maximum Gasteiger partial charge on any atom is 0.338 e. The molecule has 1 aliphatic heterocycles. The zero-order valence-electron chi connectivity index (χ0n) is 17.5. The molecular formula is C23H25ClN2O4. The van der Waals surface area contributed by atoms with Crippen LogP contribution in [0.5, 0.6) is 5.75 Å². The number of hydrogen-bond donors (Lipinski definition) is 1. The summed E-state index contributed by atoms with van der Waals surface area (Å²) in [5.74, 6) is 0.166. The number of halogens is 1. The van der Waals surface area contributed by atoms with Crippen LogP contribution in [-0.2, 0) is 9.53 Å². The molecule has 2 aromatic rings. The molecule has 2 amide bonds. The molecule has 1 atom stereocenters. The Labute approximate surface area is 181 Å². The fraction of sp³-hybridized carbons (Fsp3) is 0.304.